The highest BCUT2D eigenvalue weighted by Gasteiger charge is 2.17. The van der Waals surface area contributed by atoms with E-state index in [0.717, 1.165) is 25.7 Å². The van der Waals surface area contributed by atoms with Crippen LogP contribution in [0, 0.1) is 0 Å². The zero-order chi connectivity index (χ0) is 22.3. The van der Waals surface area contributed by atoms with Gasteiger partial charge in [-0.1, -0.05) is 116 Å². The third kappa shape index (κ3) is 19.1. The second-order valence-corrected chi connectivity index (χ2v) is 8.76. The standard InChI is InChI=1S/C26H51NO3/c1-3-5-7-8-9-10-11-12-13-14-15-16-17-18-19-20-21-25(29)24(23-28)27-26(30)22-6-4-2/h20-21,24-25,28-29H,3-19,22-23H2,1-2H3,(H,27,30)/b21-20+. The maximum Gasteiger partial charge on any atom is 0.220 e. The molecular weight excluding hydrogens is 374 g/mol. The van der Waals surface area contributed by atoms with Gasteiger partial charge in [-0.05, 0) is 19.3 Å². The van der Waals surface area contributed by atoms with Crippen LogP contribution in [0.15, 0.2) is 12.2 Å². The maximum atomic E-state index is 11.7. The minimum Gasteiger partial charge on any atom is -0.394 e. The topological polar surface area (TPSA) is 69.6 Å². The molecule has 0 saturated heterocycles. The molecule has 0 rings (SSSR count). The summed E-state index contributed by atoms with van der Waals surface area (Å²) in [6, 6.07) is -0.609. The Kier molecular flexibility index (Phi) is 22.1. The first-order valence-corrected chi connectivity index (χ1v) is 12.9. The van der Waals surface area contributed by atoms with Crippen LogP contribution in [0.4, 0.5) is 0 Å². The molecule has 0 spiro atoms. The van der Waals surface area contributed by atoms with E-state index in [1.54, 1.807) is 6.08 Å². The molecule has 178 valence electrons. The molecule has 3 N–H and O–H groups in total. The quantitative estimate of drug-likeness (QED) is 0.138. The Balaban J connectivity index is 3.53. The van der Waals surface area contributed by atoms with Crippen LogP contribution in [0.1, 0.15) is 129 Å². The zero-order valence-electron chi connectivity index (χ0n) is 20.0. The minimum absolute atomic E-state index is 0.102. The Morgan fingerprint density at radius 2 is 1.23 bits per heavy atom. The number of allylic oxidation sites excluding steroid dienone is 1. The van der Waals surface area contributed by atoms with Gasteiger partial charge in [0.05, 0.1) is 18.8 Å². The molecule has 30 heavy (non-hydrogen) atoms. The summed E-state index contributed by atoms with van der Waals surface area (Å²) in [7, 11) is 0. The molecule has 4 heteroatoms. The van der Waals surface area contributed by atoms with Gasteiger partial charge in [-0.15, -0.1) is 0 Å². The summed E-state index contributed by atoms with van der Waals surface area (Å²) < 4.78 is 0. The Morgan fingerprint density at radius 3 is 1.70 bits per heavy atom. The van der Waals surface area contributed by atoms with Crippen LogP contribution in [0.5, 0.6) is 0 Å². The molecule has 0 fully saturated rings. The number of nitrogens with one attached hydrogen (secondary N) is 1. The molecule has 0 aliphatic heterocycles. The number of hydrogen-bond donors (Lipinski definition) is 3. The number of carbonyl (C=O) groups excluding carboxylic acids is 1. The van der Waals surface area contributed by atoms with Gasteiger partial charge in [0.15, 0.2) is 0 Å². The molecule has 0 radical (unpaired) electrons. The van der Waals surface area contributed by atoms with Crippen molar-refractivity contribution in [3.05, 3.63) is 12.2 Å². The van der Waals surface area contributed by atoms with Crippen molar-refractivity contribution in [1.82, 2.24) is 5.32 Å². The van der Waals surface area contributed by atoms with Crippen LogP contribution in [-0.4, -0.2) is 34.9 Å². The lowest BCUT2D eigenvalue weighted by molar-refractivity contribution is -0.122. The minimum atomic E-state index is -0.827. The fourth-order valence-corrected chi connectivity index (χ4v) is 3.68. The third-order valence-corrected chi connectivity index (χ3v) is 5.77. The van der Waals surface area contributed by atoms with Gasteiger partial charge in [0.2, 0.25) is 5.91 Å². The monoisotopic (exact) mass is 425 g/mol. The van der Waals surface area contributed by atoms with Crippen LogP contribution in [0.25, 0.3) is 0 Å². The van der Waals surface area contributed by atoms with Gasteiger partial charge in [-0.2, -0.15) is 0 Å². The lowest BCUT2D eigenvalue weighted by atomic mass is 10.0. The van der Waals surface area contributed by atoms with E-state index in [0.29, 0.717) is 6.42 Å². The van der Waals surface area contributed by atoms with Gasteiger partial charge < -0.3 is 15.5 Å². The smallest absolute Gasteiger partial charge is 0.220 e. The maximum absolute atomic E-state index is 11.7. The van der Waals surface area contributed by atoms with E-state index in [1.165, 1.54) is 83.5 Å². The predicted octanol–water partition coefficient (Wildman–Crippen LogP) is 6.44. The summed E-state index contributed by atoms with van der Waals surface area (Å²) in [6.45, 7) is 4.06. The van der Waals surface area contributed by atoms with Crippen molar-refractivity contribution >= 4 is 5.91 Å². The predicted molar refractivity (Wildman–Crippen MR) is 129 cm³/mol. The largest absolute Gasteiger partial charge is 0.394 e. The van der Waals surface area contributed by atoms with Crippen molar-refractivity contribution in [2.45, 2.75) is 142 Å². The number of carbonyl (C=O) groups is 1. The molecular formula is C26H51NO3. The van der Waals surface area contributed by atoms with E-state index >= 15 is 0 Å². The zero-order valence-corrected chi connectivity index (χ0v) is 20.0. The van der Waals surface area contributed by atoms with Gasteiger partial charge in [0.1, 0.15) is 0 Å². The number of rotatable bonds is 22. The summed E-state index contributed by atoms with van der Waals surface area (Å²) in [6.07, 6.45) is 25.0. The van der Waals surface area contributed by atoms with Crippen molar-refractivity contribution in [2.24, 2.45) is 0 Å². The summed E-state index contributed by atoms with van der Waals surface area (Å²) in [5, 5.41) is 22.2. The van der Waals surface area contributed by atoms with Crippen LogP contribution in [-0.2, 0) is 4.79 Å². The summed E-state index contributed by atoms with van der Waals surface area (Å²) >= 11 is 0. The fraction of sp³-hybridized carbons (Fsp3) is 0.885. The molecule has 2 unspecified atom stereocenters. The van der Waals surface area contributed by atoms with Gasteiger partial charge in [0, 0.05) is 6.42 Å². The molecule has 1 amide bonds. The first-order valence-electron chi connectivity index (χ1n) is 12.9. The van der Waals surface area contributed by atoms with Crippen LogP contribution in [0.2, 0.25) is 0 Å². The molecule has 0 aromatic carbocycles. The molecule has 0 aromatic rings. The number of aliphatic hydroxyl groups is 2. The van der Waals surface area contributed by atoms with Crippen molar-refractivity contribution in [2.75, 3.05) is 6.61 Å². The van der Waals surface area contributed by atoms with E-state index in [9.17, 15) is 15.0 Å². The Hall–Kier alpha value is -0.870. The normalized spacial score (nSPS) is 13.6. The number of hydrogen-bond acceptors (Lipinski definition) is 3. The third-order valence-electron chi connectivity index (χ3n) is 5.77. The second kappa shape index (κ2) is 22.8. The average Bonchev–Trinajstić information content (AvgIpc) is 2.75. The first-order chi connectivity index (χ1) is 14.7. The van der Waals surface area contributed by atoms with Crippen LogP contribution >= 0.6 is 0 Å². The molecule has 0 bridgehead atoms. The highest BCUT2D eigenvalue weighted by atomic mass is 16.3. The van der Waals surface area contributed by atoms with Crippen molar-refractivity contribution < 1.29 is 15.0 Å². The second-order valence-electron chi connectivity index (χ2n) is 8.76. The molecule has 2 atom stereocenters. The highest BCUT2D eigenvalue weighted by molar-refractivity contribution is 5.76. The van der Waals surface area contributed by atoms with E-state index < -0.39 is 12.1 Å². The summed E-state index contributed by atoms with van der Waals surface area (Å²) in [5.41, 5.74) is 0. The van der Waals surface area contributed by atoms with Crippen LogP contribution < -0.4 is 5.32 Å². The lowest BCUT2D eigenvalue weighted by Crippen LogP contribution is -2.45. The average molecular weight is 426 g/mol. The van der Waals surface area contributed by atoms with Gasteiger partial charge >= 0.3 is 0 Å². The molecule has 4 nitrogen and oxygen atoms in total. The van der Waals surface area contributed by atoms with Crippen molar-refractivity contribution in [1.29, 1.82) is 0 Å². The molecule has 0 heterocycles. The molecule has 0 aliphatic carbocycles. The van der Waals surface area contributed by atoms with Gasteiger partial charge in [0.25, 0.3) is 0 Å². The fourth-order valence-electron chi connectivity index (χ4n) is 3.68. The SMILES string of the molecule is CCCCCCCCCCCCCCCC/C=C/C(O)C(CO)NC(=O)CCCC. The van der Waals surface area contributed by atoms with Gasteiger partial charge in [-0.3, -0.25) is 4.79 Å². The number of amides is 1. The summed E-state index contributed by atoms with van der Waals surface area (Å²) in [5.74, 6) is -0.102. The molecule has 0 aliphatic rings. The van der Waals surface area contributed by atoms with Crippen molar-refractivity contribution in [3.8, 4) is 0 Å². The van der Waals surface area contributed by atoms with E-state index in [1.807, 2.05) is 13.0 Å². The Labute approximate surface area is 186 Å². The Bertz CT molecular complexity index is 398. The van der Waals surface area contributed by atoms with E-state index in [2.05, 4.69) is 12.2 Å². The first kappa shape index (κ1) is 29.1. The lowest BCUT2D eigenvalue weighted by Gasteiger charge is -2.19. The van der Waals surface area contributed by atoms with Gasteiger partial charge in [-0.25, -0.2) is 0 Å². The number of aliphatic hydroxyl groups excluding tert-OH is 2. The summed E-state index contributed by atoms with van der Waals surface area (Å²) in [4.78, 5) is 11.7. The number of unbranched alkanes of at least 4 members (excludes halogenated alkanes) is 15. The highest BCUT2D eigenvalue weighted by Crippen LogP contribution is 2.13. The molecule has 0 aromatic heterocycles. The Morgan fingerprint density at radius 1 is 0.767 bits per heavy atom. The van der Waals surface area contributed by atoms with Crippen molar-refractivity contribution in [3.63, 3.8) is 0 Å². The van der Waals surface area contributed by atoms with Crippen LogP contribution in [0.3, 0.4) is 0 Å². The molecule has 0 saturated carbocycles. The van der Waals surface area contributed by atoms with E-state index in [-0.39, 0.29) is 12.5 Å². The van der Waals surface area contributed by atoms with E-state index in [4.69, 9.17) is 0 Å².